The first-order valence-electron chi connectivity index (χ1n) is 9.03. The third-order valence-electron chi connectivity index (χ3n) is 3.97. The van der Waals surface area contributed by atoms with Crippen LogP contribution in [0.1, 0.15) is 26.3 Å². The van der Waals surface area contributed by atoms with E-state index in [-0.39, 0.29) is 12.2 Å². The summed E-state index contributed by atoms with van der Waals surface area (Å²) in [6, 6.07) is 7.80. The molecule has 0 spiro atoms. The number of aliphatic hydroxyl groups excluding tert-OH is 1. The average molecular weight is 383 g/mol. The number of benzene rings is 1. The van der Waals surface area contributed by atoms with E-state index in [4.69, 9.17) is 9.47 Å². The minimum Gasteiger partial charge on any atom is -0.462 e. The highest BCUT2D eigenvalue weighted by atomic mass is 16.5. The fourth-order valence-corrected chi connectivity index (χ4v) is 2.60. The van der Waals surface area contributed by atoms with Gasteiger partial charge in [-0.05, 0) is 62.3 Å². The summed E-state index contributed by atoms with van der Waals surface area (Å²) < 4.78 is 10.7. The summed E-state index contributed by atoms with van der Waals surface area (Å²) in [5.74, 6) is -0.478. The zero-order valence-electron chi connectivity index (χ0n) is 16.5. The highest BCUT2D eigenvalue weighted by molar-refractivity contribution is 6.20. The maximum Gasteiger partial charge on any atom is 0.342 e. The number of Topliss-reactive ketones (excluding diaryl/α,β-unsaturated/α-hetero) is 1. The molecule has 0 saturated heterocycles. The van der Waals surface area contributed by atoms with Crippen molar-refractivity contribution < 1.29 is 24.2 Å². The van der Waals surface area contributed by atoms with Gasteiger partial charge >= 0.3 is 5.97 Å². The fourth-order valence-electron chi connectivity index (χ4n) is 2.60. The number of hydrogen-bond donors (Lipinski definition) is 2. The third-order valence-corrected chi connectivity index (χ3v) is 3.97. The molecule has 6 nitrogen and oxygen atoms in total. The van der Waals surface area contributed by atoms with Crippen molar-refractivity contribution in [3.05, 3.63) is 70.7 Å². The predicted molar refractivity (Wildman–Crippen MR) is 108 cm³/mol. The minimum atomic E-state index is -1.32. The first-order chi connectivity index (χ1) is 13.3. The molecule has 0 amide bonds. The number of carbonyl (C=O) groups is 2. The summed E-state index contributed by atoms with van der Waals surface area (Å²) in [6.45, 7) is 4.82. The number of rotatable bonds is 7. The largest absolute Gasteiger partial charge is 0.462 e. The first-order valence-corrected chi connectivity index (χ1v) is 9.03. The quantitative estimate of drug-likeness (QED) is 0.325. The van der Waals surface area contributed by atoms with E-state index in [0.717, 1.165) is 11.3 Å². The summed E-state index contributed by atoms with van der Waals surface area (Å²) >= 11 is 0. The molecule has 0 aliphatic carbocycles. The molecule has 1 aromatic rings. The topological polar surface area (TPSA) is 84.9 Å². The van der Waals surface area contributed by atoms with Crippen LogP contribution in [-0.4, -0.2) is 36.6 Å². The number of aliphatic hydroxyl groups is 1. The molecule has 28 heavy (non-hydrogen) atoms. The molecule has 0 radical (unpaired) electrons. The highest BCUT2D eigenvalue weighted by Gasteiger charge is 2.27. The van der Waals surface area contributed by atoms with Gasteiger partial charge in [0.15, 0.2) is 5.78 Å². The van der Waals surface area contributed by atoms with Gasteiger partial charge in [0.2, 0.25) is 0 Å². The van der Waals surface area contributed by atoms with Crippen molar-refractivity contribution in [1.29, 1.82) is 0 Å². The number of carbonyl (C=O) groups excluding carboxylic acids is 2. The van der Waals surface area contributed by atoms with E-state index in [1.54, 1.807) is 32.1 Å². The lowest BCUT2D eigenvalue weighted by Crippen LogP contribution is -2.26. The van der Waals surface area contributed by atoms with Crippen molar-refractivity contribution >= 4 is 23.5 Å². The summed E-state index contributed by atoms with van der Waals surface area (Å²) in [4.78, 5) is 24.7. The van der Waals surface area contributed by atoms with Crippen LogP contribution in [0.3, 0.4) is 0 Å². The minimum absolute atomic E-state index is 0.126. The number of ketones is 1. The Hall–Kier alpha value is -3.12. The molecule has 1 aliphatic heterocycles. The smallest absolute Gasteiger partial charge is 0.342 e. The zero-order chi connectivity index (χ0) is 20.7. The first kappa shape index (κ1) is 21.2. The second-order valence-electron chi connectivity index (χ2n) is 6.20. The van der Waals surface area contributed by atoms with Crippen LogP contribution in [0.5, 0.6) is 0 Å². The van der Waals surface area contributed by atoms with Crippen LogP contribution in [0.4, 0.5) is 5.69 Å². The van der Waals surface area contributed by atoms with E-state index in [1.165, 1.54) is 6.92 Å². The summed E-state index contributed by atoms with van der Waals surface area (Å²) in [5, 5.41) is 12.7. The van der Waals surface area contributed by atoms with E-state index in [1.807, 2.05) is 37.4 Å². The Morgan fingerprint density at radius 3 is 2.46 bits per heavy atom. The maximum atomic E-state index is 12.4. The Morgan fingerprint density at radius 2 is 1.89 bits per heavy atom. The van der Waals surface area contributed by atoms with Gasteiger partial charge in [-0.25, -0.2) is 4.79 Å². The van der Waals surface area contributed by atoms with E-state index < -0.39 is 17.9 Å². The van der Waals surface area contributed by atoms with Crippen molar-refractivity contribution in [2.24, 2.45) is 0 Å². The second-order valence-corrected chi connectivity index (χ2v) is 6.20. The number of ether oxygens (including phenoxy) is 2. The van der Waals surface area contributed by atoms with Gasteiger partial charge in [-0.3, -0.25) is 4.79 Å². The van der Waals surface area contributed by atoms with Crippen molar-refractivity contribution in [3.8, 4) is 0 Å². The molecule has 6 heteroatoms. The lowest BCUT2D eigenvalue weighted by molar-refractivity contribution is -0.141. The summed E-state index contributed by atoms with van der Waals surface area (Å²) in [7, 11) is 1.85. The monoisotopic (exact) mass is 383 g/mol. The van der Waals surface area contributed by atoms with Crippen molar-refractivity contribution in [1.82, 2.24) is 0 Å². The average Bonchev–Trinajstić information content (AvgIpc) is 2.66. The number of nitrogens with one attached hydrogen (secondary N) is 1. The van der Waals surface area contributed by atoms with E-state index in [0.29, 0.717) is 17.1 Å². The van der Waals surface area contributed by atoms with Gasteiger partial charge in [0.1, 0.15) is 23.2 Å². The van der Waals surface area contributed by atoms with Crippen LogP contribution >= 0.6 is 0 Å². The van der Waals surface area contributed by atoms with Crippen molar-refractivity contribution in [2.45, 2.75) is 26.9 Å². The Kier molecular flexibility index (Phi) is 7.35. The summed E-state index contributed by atoms with van der Waals surface area (Å²) in [6.07, 6.45) is 5.45. The van der Waals surface area contributed by atoms with Crippen LogP contribution in [0.25, 0.3) is 6.08 Å². The lowest BCUT2D eigenvalue weighted by Gasteiger charge is -2.16. The molecule has 1 atom stereocenters. The Labute approximate surface area is 164 Å². The lowest BCUT2D eigenvalue weighted by atomic mass is 9.98. The molecule has 148 valence electrons. The van der Waals surface area contributed by atoms with E-state index in [2.05, 4.69) is 5.32 Å². The molecule has 0 saturated carbocycles. The maximum absolute atomic E-state index is 12.4. The molecule has 0 aromatic heterocycles. The SMILES string of the molecule is CCOC(=O)/C(C(=O)C(C)O)=C1/C=C(C)OC(C=Cc2ccc(NC)cc2)=C1. The van der Waals surface area contributed by atoms with Gasteiger partial charge < -0.3 is 19.9 Å². The molecule has 0 bridgehead atoms. The van der Waals surface area contributed by atoms with Crippen molar-refractivity contribution in [3.63, 3.8) is 0 Å². The number of hydrogen-bond acceptors (Lipinski definition) is 6. The molecule has 1 aliphatic rings. The van der Waals surface area contributed by atoms with Crippen LogP contribution < -0.4 is 5.32 Å². The molecular formula is C22H25NO5. The molecular weight excluding hydrogens is 358 g/mol. The fraction of sp³-hybridized carbons (Fsp3) is 0.273. The van der Waals surface area contributed by atoms with Gasteiger partial charge in [-0.15, -0.1) is 0 Å². The predicted octanol–water partition coefficient (Wildman–Crippen LogP) is 3.37. The number of esters is 1. The molecule has 1 aromatic carbocycles. The van der Waals surface area contributed by atoms with Crippen molar-refractivity contribution in [2.75, 3.05) is 19.0 Å². The van der Waals surface area contributed by atoms with Crippen LogP contribution in [0.15, 0.2) is 65.2 Å². The molecule has 2 rings (SSSR count). The van der Waals surface area contributed by atoms with Gasteiger partial charge in [0, 0.05) is 12.7 Å². The van der Waals surface area contributed by atoms with Gasteiger partial charge in [-0.2, -0.15) is 0 Å². The molecule has 0 fully saturated rings. The van der Waals surface area contributed by atoms with Crippen LogP contribution in [-0.2, 0) is 19.1 Å². The highest BCUT2D eigenvalue weighted by Crippen LogP contribution is 2.25. The Morgan fingerprint density at radius 1 is 1.21 bits per heavy atom. The normalized spacial score (nSPS) is 16.6. The van der Waals surface area contributed by atoms with Crippen LogP contribution in [0, 0.1) is 0 Å². The third kappa shape index (κ3) is 5.44. The molecule has 2 N–H and O–H groups in total. The van der Waals surface area contributed by atoms with Gasteiger partial charge in [0.05, 0.1) is 6.61 Å². The van der Waals surface area contributed by atoms with Gasteiger partial charge in [-0.1, -0.05) is 18.2 Å². The van der Waals surface area contributed by atoms with Crippen LogP contribution in [0.2, 0.25) is 0 Å². The Balaban J connectivity index is 2.40. The van der Waals surface area contributed by atoms with E-state index >= 15 is 0 Å². The number of anilines is 1. The standard InChI is InChI=1S/C22H25NO5/c1-5-27-22(26)20(21(25)15(3)24)17-12-14(2)28-19(13-17)11-8-16-6-9-18(23-4)10-7-16/h6-13,15,23-24H,5H2,1-4H3/b11-8?,20-17-. The van der Waals surface area contributed by atoms with Gasteiger partial charge in [0.25, 0.3) is 0 Å². The zero-order valence-corrected chi connectivity index (χ0v) is 16.5. The van der Waals surface area contributed by atoms with E-state index in [9.17, 15) is 14.7 Å². The molecule has 1 unspecified atom stereocenters. The second kappa shape index (κ2) is 9.71. The summed E-state index contributed by atoms with van der Waals surface area (Å²) in [5.41, 5.74) is 2.12. The number of allylic oxidation sites excluding steroid dienone is 5. The Bertz CT molecular complexity index is 857. The molecule has 1 heterocycles.